The molecule has 0 spiro atoms. The highest BCUT2D eigenvalue weighted by Gasteiger charge is 2.27. The third-order valence-corrected chi connectivity index (χ3v) is 4.19. The molecule has 2 atom stereocenters. The fourth-order valence-corrected chi connectivity index (χ4v) is 3.41. The normalized spacial score (nSPS) is 14.8. The number of hydrogen-bond donors (Lipinski definition) is 1. The smallest absolute Gasteiger partial charge is 0.0931 e. The molecule has 0 amide bonds. The van der Waals surface area contributed by atoms with Gasteiger partial charge in [0.15, 0.2) is 0 Å². The predicted octanol–water partition coefficient (Wildman–Crippen LogP) is 3.41. The Labute approximate surface area is 118 Å². The highest BCUT2D eigenvalue weighted by molar-refractivity contribution is 7.16. The SMILES string of the molecule is CC(N)C(c1ccc(Cl)s1)N(CCC#N)C(C)C. The second-order valence-electron chi connectivity index (χ2n) is 4.69. The van der Waals surface area contributed by atoms with Crippen molar-refractivity contribution in [2.45, 2.75) is 45.3 Å². The summed E-state index contributed by atoms with van der Waals surface area (Å²) in [7, 11) is 0. The molecule has 0 aromatic carbocycles. The van der Waals surface area contributed by atoms with Crippen LogP contribution in [0.3, 0.4) is 0 Å². The molecule has 0 aliphatic rings. The summed E-state index contributed by atoms with van der Waals surface area (Å²) < 4.78 is 0.777. The molecule has 3 nitrogen and oxygen atoms in total. The van der Waals surface area contributed by atoms with Gasteiger partial charge in [0.25, 0.3) is 0 Å². The lowest BCUT2D eigenvalue weighted by Crippen LogP contribution is -2.43. The van der Waals surface area contributed by atoms with Gasteiger partial charge < -0.3 is 5.73 Å². The van der Waals surface area contributed by atoms with Crippen molar-refractivity contribution >= 4 is 22.9 Å². The monoisotopic (exact) mass is 285 g/mol. The fourth-order valence-electron chi connectivity index (χ4n) is 2.11. The van der Waals surface area contributed by atoms with Crippen LogP contribution >= 0.6 is 22.9 Å². The van der Waals surface area contributed by atoms with Crippen molar-refractivity contribution < 1.29 is 0 Å². The number of nitriles is 1. The van der Waals surface area contributed by atoms with E-state index in [0.29, 0.717) is 12.5 Å². The van der Waals surface area contributed by atoms with Crippen molar-refractivity contribution in [2.24, 2.45) is 5.73 Å². The minimum atomic E-state index is 0.000750. The van der Waals surface area contributed by atoms with E-state index >= 15 is 0 Å². The Morgan fingerprint density at radius 1 is 1.44 bits per heavy atom. The number of nitrogens with zero attached hydrogens (tertiary/aromatic N) is 2. The zero-order valence-corrected chi connectivity index (χ0v) is 12.6. The number of halogens is 1. The molecule has 18 heavy (non-hydrogen) atoms. The highest BCUT2D eigenvalue weighted by Crippen LogP contribution is 2.33. The Morgan fingerprint density at radius 3 is 2.50 bits per heavy atom. The van der Waals surface area contributed by atoms with Gasteiger partial charge in [-0.25, -0.2) is 0 Å². The lowest BCUT2D eigenvalue weighted by molar-refractivity contribution is 0.141. The Hall–Kier alpha value is -0.600. The fraction of sp³-hybridized carbons (Fsp3) is 0.615. The van der Waals surface area contributed by atoms with Crippen molar-refractivity contribution in [3.63, 3.8) is 0 Å². The third kappa shape index (κ3) is 3.96. The van der Waals surface area contributed by atoms with E-state index in [4.69, 9.17) is 22.6 Å². The van der Waals surface area contributed by atoms with E-state index < -0.39 is 0 Å². The number of nitrogens with two attached hydrogens (primary N) is 1. The molecule has 0 bridgehead atoms. The number of hydrogen-bond acceptors (Lipinski definition) is 4. The number of thiophene rings is 1. The number of rotatable bonds is 6. The van der Waals surface area contributed by atoms with Gasteiger partial charge in [-0.3, -0.25) is 4.90 Å². The minimum absolute atomic E-state index is 0.000750. The van der Waals surface area contributed by atoms with Gasteiger partial charge in [-0.1, -0.05) is 11.6 Å². The van der Waals surface area contributed by atoms with Crippen LogP contribution < -0.4 is 5.73 Å². The summed E-state index contributed by atoms with van der Waals surface area (Å²) in [4.78, 5) is 3.44. The lowest BCUT2D eigenvalue weighted by atomic mass is 10.0. The van der Waals surface area contributed by atoms with Crippen molar-refractivity contribution in [1.29, 1.82) is 5.26 Å². The van der Waals surface area contributed by atoms with E-state index in [1.165, 1.54) is 4.88 Å². The molecule has 1 aromatic rings. The van der Waals surface area contributed by atoms with Crippen LogP contribution in [-0.2, 0) is 0 Å². The predicted molar refractivity (Wildman–Crippen MR) is 77.8 cm³/mol. The maximum absolute atomic E-state index is 8.77. The first kappa shape index (κ1) is 15.5. The summed E-state index contributed by atoms with van der Waals surface area (Å²) in [5, 5.41) is 8.77. The molecular formula is C13H20ClN3S. The molecule has 5 heteroatoms. The average Bonchev–Trinajstić information content (AvgIpc) is 2.69. The molecule has 2 unspecified atom stereocenters. The molecule has 1 aromatic heterocycles. The zero-order valence-electron chi connectivity index (χ0n) is 11.1. The van der Waals surface area contributed by atoms with Crippen molar-refractivity contribution in [2.75, 3.05) is 6.54 Å². The van der Waals surface area contributed by atoms with Gasteiger partial charge in [-0.2, -0.15) is 5.26 Å². The maximum Gasteiger partial charge on any atom is 0.0931 e. The molecule has 1 heterocycles. The van der Waals surface area contributed by atoms with Crippen LogP contribution in [0.25, 0.3) is 0 Å². The Morgan fingerprint density at radius 2 is 2.11 bits per heavy atom. The van der Waals surface area contributed by atoms with Crippen LogP contribution in [0.1, 0.15) is 38.1 Å². The van der Waals surface area contributed by atoms with Gasteiger partial charge in [0.05, 0.1) is 16.4 Å². The largest absolute Gasteiger partial charge is 0.326 e. The van der Waals surface area contributed by atoms with Crippen LogP contribution in [-0.4, -0.2) is 23.5 Å². The summed E-state index contributed by atoms with van der Waals surface area (Å²) in [5.74, 6) is 0. The third-order valence-electron chi connectivity index (χ3n) is 2.89. The quantitative estimate of drug-likeness (QED) is 0.871. The summed E-state index contributed by atoms with van der Waals surface area (Å²) in [5.41, 5.74) is 6.13. The van der Waals surface area contributed by atoms with E-state index in [9.17, 15) is 0 Å². The molecular weight excluding hydrogens is 266 g/mol. The summed E-state index contributed by atoms with van der Waals surface area (Å²) >= 11 is 7.57. The van der Waals surface area contributed by atoms with Crippen LogP contribution in [0, 0.1) is 11.3 Å². The Kier molecular flexibility index (Phi) is 6.10. The van der Waals surface area contributed by atoms with Gasteiger partial charge in [-0.05, 0) is 32.9 Å². The van der Waals surface area contributed by atoms with Crippen molar-refractivity contribution in [1.82, 2.24) is 4.90 Å². The van der Waals surface area contributed by atoms with E-state index in [1.54, 1.807) is 11.3 Å². The van der Waals surface area contributed by atoms with Crippen molar-refractivity contribution in [3.8, 4) is 6.07 Å². The molecule has 100 valence electrons. The van der Waals surface area contributed by atoms with Gasteiger partial charge >= 0.3 is 0 Å². The first-order valence-electron chi connectivity index (χ1n) is 6.11. The van der Waals surface area contributed by atoms with Gasteiger partial charge in [0.2, 0.25) is 0 Å². The van der Waals surface area contributed by atoms with E-state index in [-0.39, 0.29) is 12.1 Å². The van der Waals surface area contributed by atoms with Crippen LogP contribution in [0.5, 0.6) is 0 Å². The van der Waals surface area contributed by atoms with Crippen LogP contribution in [0.2, 0.25) is 4.34 Å². The van der Waals surface area contributed by atoms with Gasteiger partial charge in [0, 0.05) is 29.9 Å². The molecule has 0 saturated heterocycles. The molecule has 0 saturated carbocycles. The topological polar surface area (TPSA) is 53.0 Å². The van der Waals surface area contributed by atoms with Crippen molar-refractivity contribution in [3.05, 3.63) is 21.3 Å². The summed E-state index contributed by atoms with van der Waals surface area (Å²) in [6.07, 6.45) is 0.514. The second kappa shape index (κ2) is 7.10. The summed E-state index contributed by atoms with van der Waals surface area (Å²) in [6, 6.07) is 6.60. The van der Waals surface area contributed by atoms with E-state index in [1.807, 2.05) is 19.1 Å². The molecule has 0 aliphatic heterocycles. The van der Waals surface area contributed by atoms with Crippen LogP contribution in [0.15, 0.2) is 12.1 Å². The molecule has 0 aliphatic carbocycles. The maximum atomic E-state index is 8.77. The standard InChI is InChI=1S/C13H20ClN3S/c1-9(2)17(8-4-7-15)13(10(3)16)11-5-6-12(14)18-11/h5-6,9-10,13H,4,8,16H2,1-3H3. The average molecular weight is 286 g/mol. The van der Waals surface area contributed by atoms with E-state index in [0.717, 1.165) is 10.9 Å². The Balaban J connectivity index is 2.97. The zero-order chi connectivity index (χ0) is 13.7. The highest BCUT2D eigenvalue weighted by atomic mass is 35.5. The first-order valence-corrected chi connectivity index (χ1v) is 7.30. The summed E-state index contributed by atoms with van der Waals surface area (Å²) in [6.45, 7) is 6.99. The molecule has 0 radical (unpaired) electrons. The molecule has 0 fully saturated rings. The van der Waals surface area contributed by atoms with Gasteiger partial charge in [0.1, 0.15) is 0 Å². The van der Waals surface area contributed by atoms with Crippen LogP contribution in [0.4, 0.5) is 0 Å². The Bertz CT molecular complexity index is 409. The van der Waals surface area contributed by atoms with Gasteiger partial charge in [-0.15, -0.1) is 11.3 Å². The molecule has 2 N–H and O–H groups in total. The van der Waals surface area contributed by atoms with E-state index in [2.05, 4.69) is 24.8 Å². The minimum Gasteiger partial charge on any atom is -0.326 e. The lowest BCUT2D eigenvalue weighted by Gasteiger charge is -2.36. The first-order chi connectivity index (χ1) is 8.47. The molecule has 1 rings (SSSR count). The second-order valence-corrected chi connectivity index (χ2v) is 6.43.